The van der Waals surface area contributed by atoms with Crippen LogP contribution in [0.2, 0.25) is 0 Å². The molecule has 0 radical (unpaired) electrons. The fraction of sp³-hybridized carbons (Fsp3) is 0.533. The van der Waals surface area contributed by atoms with Crippen LogP contribution >= 0.6 is 0 Å². The van der Waals surface area contributed by atoms with Crippen molar-refractivity contribution in [2.75, 3.05) is 32.5 Å². The summed E-state index contributed by atoms with van der Waals surface area (Å²) in [4.78, 5) is 14.6. The summed E-state index contributed by atoms with van der Waals surface area (Å²) in [5.41, 5.74) is 2.82. The van der Waals surface area contributed by atoms with E-state index < -0.39 is 0 Å². The van der Waals surface area contributed by atoms with Crippen molar-refractivity contribution < 1.29 is 4.79 Å². The second-order valence-corrected chi connectivity index (χ2v) is 5.33. The molecule has 0 aliphatic carbocycles. The van der Waals surface area contributed by atoms with Gasteiger partial charge in [-0.05, 0) is 63.7 Å². The topological polar surface area (TPSA) is 44.4 Å². The van der Waals surface area contributed by atoms with E-state index in [1.54, 1.807) is 0 Å². The van der Waals surface area contributed by atoms with E-state index in [0.717, 1.165) is 42.7 Å². The third kappa shape index (κ3) is 3.47. The molecule has 1 amide bonds. The molecule has 0 saturated carbocycles. The maximum Gasteiger partial charge on any atom is 0.251 e. The molecule has 4 heteroatoms. The minimum atomic E-state index is 0.0507. The summed E-state index contributed by atoms with van der Waals surface area (Å²) in [5, 5.41) is 6.23. The summed E-state index contributed by atoms with van der Waals surface area (Å²) in [5.74, 6) is 0.0507. The average molecular weight is 261 g/mol. The van der Waals surface area contributed by atoms with Crippen molar-refractivity contribution in [1.29, 1.82) is 0 Å². The van der Waals surface area contributed by atoms with E-state index >= 15 is 0 Å². The van der Waals surface area contributed by atoms with Gasteiger partial charge >= 0.3 is 0 Å². The fourth-order valence-electron chi connectivity index (χ4n) is 2.49. The van der Waals surface area contributed by atoms with Gasteiger partial charge in [0, 0.05) is 24.3 Å². The van der Waals surface area contributed by atoms with E-state index in [4.69, 9.17) is 0 Å². The van der Waals surface area contributed by atoms with Crippen LogP contribution < -0.4 is 10.6 Å². The highest BCUT2D eigenvalue weighted by Crippen LogP contribution is 2.16. The van der Waals surface area contributed by atoms with E-state index in [0.29, 0.717) is 6.04 Å². The molecule has 1 fully saturated rings. The number of hydrogen-bond acceptors (Lipinski definition) is 3. The van der Waals surface area contributed by atoms with Crippen LogP contribution in [-0.4, -0.2) is 44.0 Å². The maximum atomic E-state index is 12.3. The highest BCUT2D eigenvalue weighted by molar-refractivity contribution is 5.96. The summed E-state index contributed by atoms with van der Waals surface area (Å²) in [6.45, 7) is 4.09. The first-order valence-corrected chi connectivity index (χ1v) is 6.88. The lowest BCUT2D eigenvalue weighted by Gasteiger charge is -2.29. The molecule has 4 nitrogen and oxygen atoms in total. The van der Waals surface area contributed by atoms with Crippen LogP contribution in [0.5, 0.6) is 0 Å². The van der Waals surface area contributed by atoms with E-state index in [1.165, 1.54) is 0 Å². The fourth-order valence-corrected chi connectivity index (χ4v) is 2.49. The summed E-state index contributed by atoms with van der Waals surface area (Å²) in [6.07, 6.45) is 2.08. The van der Waals surface area contributed by atoms with Gasteiger partial charge in [0.2, 0.25) is 0 Å². The highest BCUT2D eigenvalue weighted by Gasteiger charge is 2.19. The molecule has 1 aliphatic rings. The molecule has 0 atom stereocenters. The average Bonchev–Trinajstić information content (AvgIpc) is 2.41. The number of aryl methyl sites for hydroxylation is 1. The number of anilines is 1. The Hall–Kier alpha value is -1.55. The zero-order valence-corrected chi connectivity index (χ0v) is 12.0. The lowest BCUT2D eigenvalue weighted by Crippen LogP contribution is -2.43. The number of nitrogens with one attached hydrogen (secondary N) is 2. The highest BCUT2D eigenvalue weighted by atomic mass is 16.1. The van der Waals surface area contributed by atoms with Crippen LogP contribution in [0.4, 0.5) is 5.69 Å². The van der Waals surface area contributed by atoms with Gasteiger partial charge in [-0.2, -0.15) is 0 Å². The van der Waals surface area contributed by atoms with Gasteiger partial charge < -0.3 is 15.5 Å². The number of carbonyl (C=O) groups excluding carboxylic acids is 1. The van der Waals surface area contributed by atoms with E-state index in [2.05, 4.69) is 22.6 Å². The molecule has 1 aromatic carbocycles. The summed E-state index contributed by atoms with van der Waals surface area (Å²) in [7, 11) is 4.01. The third-order valence-electron chi connectivity index (χ3n) is 3.81. The molecule has 19 heavy (non-hydrogen) atoms. The molecular formula is C15H23N3O. The molecule has 1 aliphatic heterocycles. The van der Waals surface area contributed by atoms with Gasteiger partial charge in [-0.3, -0.25) is 4.79 Å². The predicted molar refractivity (Wildman–Crippen MR) is 78.7 cm³/mol. The van der Waals surface area contributed by atoms with Gasteiger partial charge in [0.1, 0.15) is 0 Å². The number of rotatable bonds is 3. The predicted octanol–water partition coefficient (Wildman–Crippen LogP) is 1.86. The van der Waals surface area contributed by atoms with Crippen molar-refractivity contribution >= 4 is 11.6 Å². The van der Waals surface area contributed by atoms with Crippen LogP contribution in [0.1, 0.15) is 28.8 Å². The number of hydrogen-bond donors (Lipinski definition) is 2. The lowest BCUT2D eigenvalue weighted by molar-refractivity contribution is 0.0916. The van der Waals surface area contributed by atoms with Gasteiger partial charge in [0.05, 0.1) is 0 Å². The van der Waals surface area contributed by atoms with Crippen molar-refractivity contribution in [2.24, 2.45) is 0 Å². The number of nitrogens with zero attached hydrogens (tertiary/aromatic N) is 1. The van der Waals surface area contributed by atoms with Gasteiger partial charge in [-0.15, -0.1) is 0 Å². The molecule has 0 aromatic heterocycles. The van der Waals surface area contributed by atoms with Crippen molar-refractivity contribution in [2.45, 2.75) is 25.8 Å². The minimum Gasteiger partial charge on any atom is -0.388 e. The number of benzene rings is 1. The summed E-state index contributed by atoms with van der Waals surface area (Å²) >= 11 is 0. The first kappa shape index (κ1) is 13.9. The monoisotopic (exact) mass is 261 g/mol. The third-order valence-corrected chi connectivity index (χ3v) is 3.81. The second kappa shape index (κ2) is 6.06. The molecule has 1 saturated heterocycles. The Morgan fingerprint density at radius 2 is 2.00 bits per heavy atom. The van der Waals surface area contributed by atoms with Crippen LogP contribution in [0.25, 0.3) is 0 Å². The molecule has 1 aromatic rings. The van der Waals surface area contributed by atoms with Gasteiger partial charge in [0.25, 0.3) is 5.91 Å². The number of carbonyl (C=O) groups is 1. The second-order valence-electron chi connectivity index (χ2n) is 5.33. The number of amides is 1. The Bertz CT molecular complexity index is 451. The first-order valence-electron chi connectivity index (χ1n) is 6.88. The molecule has 2 N–H and O–H groups in total. The van der Waals surface area contributed by atoms with Crippen LogP contribution in [-0.2, 0) is 0 Å². The largest absolute Gasteiger partial charge is 0.388 e. The molecule has 0 spiro atoms. The maximum absolute atomic E-state index is 12.3. The quantitative estimate of drug-likeness (QED) is 0.873. The molecular weight excluding hydrogens is 238 g/mol. The van der Waals surface area contributed by atoms with Gasteiger partial charge in [-0.1, -0.05) is 0 Å². The van der Waals surface area contributed by atoms with E-state index in [9.17, 15) is 4.79 Å². The van der Waals surface area contributed by atoms with Gasteiger partial charge in [-0.25, -0.2) is 0 Å². The zero-order valence-electron chi connectivity index (χ0n) is 12.0. The smallest absolute Gasteiger partial charge is 0.251 e. The Balaban J connectivity index is 2.00. The van der Waals surface area contributed by atoms with E-state index in [1.807, 2.05) is 32.2 Å². The van der Waals surface area contributed by atoms with Crippen molar-refractivity contribution in [3.8, 4) is 0 Å². The molecule has 0 bridgehead atoms. The standard InChI is InChI=1S/C15H23N3O/c1-11-10-13(16-2)4-5-14(11)15(19)17-12-6-8-18(3)9-7-12/h4-5,10,12,16H,6-9H2,1-3H3,(H,17,19). The molecule has 1 heterocycles. The molecule has 0 unspecified atom stereocenters. The van der Waals surface area contributed by atoms with Crippen molar-refractivity contribution in [3.05, 3.63) is 29.3 Å². The SMILES string of the molecule is CNc1ccc(C(=O)NC2CCN(C)CC2)c(C)c1. The zero-order chi connectivity index (χ0) is 13.8. The minimum absolute atomic E-state index is 0.0507. The Labute approximate surface area is 115 Å². The molecule has 104 valence electrons. The van der Waals surface area contributed by atoms with Crippen LogP contribution in [0.15, 0.2) is 18.2 Å². The van der Waals surface area contributed by atoms with Crippen LogP contribution in [0, 0.1) is 6.92 Å². The Morgan fingerprint density at radius 1 is 1.32 bits per heavy atom. The lowest BCUT2D eigenvalue weighted by atomic mass is 10.0. The Morgan fingerprint density at radius 3 is 2.58 bits per heavy atom. The normalized spacial score (nSPS) is 17.2. The number of piperidine rings is 1. The number of likely N-dealkylation sites (tertiary alicyclic amines) is 1. The summed E-state index contributed by atoms with van der Waals surface area (Å²) < 4.78 is 0. The molecule has 2 rings (SSSR count). The summed E-state index contributed by atoms with van der Waals surface area (Å²) in [6, 6.07) is 6.15. The van der Waals surface area contributed by atoms with Crippen molar-refractivity contribution in [1.82, 2.24) is 10.2 Å². The first-order chi connectivity index (χ1) is 9.10. The Kier molecular flexibility index (Phi) is 4.43. The van der Waals surface area contributed by atoms with Crippen molar-refractivity contribution in [3.63, 3.8) is 0 Å². The van der Waals surface area contributed by atoms with Crippen LogP contribution in [0.3, 0.4) is 0 Å². The van der Waals surface area contributed by atoms with E-state index in [-0.39, 0.29) is 5.91 Å². The van der Waals surface area contributed by atoms with Gasteiger partial charge in [0.15, 0.2) is 0 Å².